The number of phenolic OH excluding ortho intramolecular Hbond substituents is 1. The molecule has 5 heteroatoms. The van der Waals surface area contributed by atoms with Gasteiger partial charge in [0.05, 0.1) is 11.7 Å². The molecule has 106 valence electrons. The maximum atomic E-state index is 13.8. The van der Waals surface area contributed by atoms with Crippen LogP contribution >= 0.6 is 15.9 Å². The van der Waals surface area contributed by atoms with Gasteiger partial charge in [0.15, 0.2) is 0 Å². The number of aromatic hydroxyl groups is 1. The standard InChI is InChI=1S/C15H14BrF2NO/c1-2-13(10-5-3-4-6-14(10)20)19-15-11(16)7-9(17)8-12(15)18/h3-8,13,19-20H,2H2,1H3. The van der Waals surface area contributed by atoms with Crippen LogP contribution in [0.4, 0.5) is 14.5 Å². The van der Waals surface area contributed by atoms with Gasteiger partial charge in [0.1, 0.15) is 17.4 Å². The fourth-order valence-corrected chi connectivity index (χ4v) is 2.56. The van der Waals surface area contributed by atoms with E-state index in [0.717, 1.165) is 6.07 Å². The topological polar surface area (TPSA) is 32.3 Å². The van der Waals surface area contributed by atoms with Crippen LogP contribution in [0.2, 0.25) is 0 Å². The first-order valence-corrected chi connectivity index (χ1v) is 7.01. The first kappa shape index (κ1) is 14.8. The highest BCUT2D eigenvalue weighted by Gasteiger charge is 2.17. The number of benzene rings is 2. The first-order chi connectivity index (χ1) is 9.52. The van der Waals surface area contributed by atoms with Crippen molar-refractivity contribution in [2.75, 3.05) is 5.32 Å². The molecule has 0 bridgehead atoms. The van der Waals surface area contributed by atoms with E-state index in [1.807, 2.05) is 6.92 Å². The van der Waals surface area contributed by atoms with E-state index < -0.39 is 11.6 Å². The van der Waals surface area contributed by atoms with Crippen LogP contribution in [0.5, 0.6) is 5.75 Å². The second kappa shape index (κ2) is 6.22. The molecular weight excluding hydrogens is 328 g/mol. The van der Waals surface area contributed by atoms with Gasteiger partial charge in [0.25, 0.3) is 0 Å². The minimum Gasteiger partial charge on any atom is -0.508 e. The van der Waals surface area contributed by atoms with Crippen LogP contribution in [-0.2, 0) is 0 Å². The van der Waals surface area contributed by atoms with Gasteiger partial charge in [-0.1, -0.05) is 25.1 Å². The Morgan fingerprint density at radius 3 is 2.55 bits per heavy atom. The molecule has 0 saturated carbocycles. The molecule has 0 amide bonds. The molecule has 2 rings (SSSR count). The molecule has 0 radical (unpaired) electrons. The van der Waals surface area contributed by atoms with E-state index in [-0.39, 0.29) is 17.5 Å². The lowest BCUT2D eigenvalue weighted by Gasteiger charge is -2.21. The zero-order valence-corrected chi connectivity index (χ0v) is 12.4. The van der Waals surface area contributed by atoms with E-state index in [4.69, 9.17) is 0 Å². The van der Waals surface area contributed by atoms with Crippen molar-refractivity contribution in [3.8, 4) is 5.75 Å². The minimum absolute atomic E-state index is 0.144. The molecule has 0 aliphatic heterocycles. The van der Waals surface area contributed by atoms with Gasteiger partial charge in [0, 0.05) is 16.1 Å². The van der Waals surface area contributed by atoms with Crippen LogP contribution in [0, 0.1) is 11.6 Å². The Labute approximate surface area is 124 Å². The number of rotatable bonds is 4. The number of para-hydroxylation sites is 1. The number of hydrogen-bond donors (Lipinski definition) is 2. The smallest absolute Gasteiger partial charge is 0.150 e. The second-order valence-corrected chi connectivity index (χ2v) is 5.26. The van der Waals surface area contributed by atoms with E-state index in [0.29, 0.717) is 16.5 Å². The lowest BCUT2D eigenvalue weighted by Crippen LogP contribution is -2.11. The summed E-state index contributed by atoms with van der Waals surface area (Å²) in [6, 6.07) is 8.62. The highest BCUT2D eigenvalue weighted by molar-refractivity contribution is 9.10. The Morgan fingerprint density at radius 1 is 1.25 bits per heavy atom. The minimum atomic E-state index is -0.675. The largest absolute Gasteiger partial charge is 0.508 e. The predicted octanol–water partition coefficient (Wildman–Crippen LogP) is 5.00. The van der Waals surface area contributed by atoms with Crippen molar-refractivity contribution < 1.29 is 13.9 Å². The van der Waals surface area contributed by atoms with Gasteiger partial charge in [-0.2, -0.15) is 0 Å². The molecule has 2 aromatic carbocycles. The quantitative estimate of drug-likeness (QED) is 0.820. The first-order valence-electron chi connectivity index (χ1n) is 6.22. The van der Waals surface area contributed by atoms with Gasteiger partial charge in [-0.25, -0.2) is 8.78 Å². The third-order valence-electron chi connectivity index (χ3n) is 3.05. The summed E-state index contributed by atoms with van der Waals surface area (Å²) in [6.07, 6.45) is 0.640. The average molecular weight is 342 g/mol. The van der Waals surface area contributed by atoms with Crippen LogP contribution in [0.3, 0.4) is 0 Å². The van der Waals surface area contributed by atoms with Crippen molar-refractivity contribution >= 4 is 21.6 Å². The summed E-state index contributed by atoms with van der Waals surface area (Å²) in [5.41, 5.74) is 0.854. The van der Waals surface area contributed by atoms with Crippen molar-refractivity contribution in [3.05, 3.63) is 58.1 Å². The van der Waals surface area contributed by atoms with Gasteiger partial charge in [-0.15, -0.1) is 0 Å². The van der Waals surface area contributed by atoms with Gasteiger partial charge >= 0.3 is 0 Å². The second-order valence-electron chi connectivity index (χ2n) is 4.41. The summed E-state index contributed by atoms with van der Waals surface area (Å²) in [5.74, 6) is -1.17. The Bertz CT molecular complexity index is 596. The third kappa shape index (κ3) is 3.10. The Morgan fingerprint density at radius 2 is 1.95 bits per heavy atom. The van der Waals surface area contributed by atoms with E-state index in [1.54, 1.807) is 24.3 Å². The Hall–Kier alpha value is -1.62. The van der Waals surface area contributed by atoms with Crippen LogP contribution in [0.25, 0.3) is 0 Å². The average Bonchev–Trinajstić information content (AvgIpc) is 2.39. The summed E-state index contributed by atoms with van der Waals surface area (Å²) in [5, 5.41) is 12.9. The van der Waals surface area contributed by atoms with E-state index >= 15 is 0 Å². The van der Waals surface area contributed by atoms with Gasteiger partial charge in [-0.3, -0.25) is 0 Å². The fraction of sp³-hybridized carbons (Fsp3) is 0.200. The van der Waals surface area contributed by atoms with Crippen molar-refractivity contribution in [2.24, 2.45) is 0 Å². The van der Waals surface area contributed by atoms with E-state index in [9.17, 15) is 13.9 Å². The molecule has 0 aliphatic carbocycles. The van der Waals surface area contributed by atoms with Crippen molar-refractivity contribution in [2.45, 2.75) is 19.4 Å². The maximum Gasteiger partial charge on any atom is 0.150 e. The Kier molecular flexibility index (Phi) is 4.60. The molecular formula is C15H14BrF2NO. The van der Waals surface area contributed by atoms with Gasteiger partial charge in [0.2, 0.25) is 0 Å². The zero-order chi connectivity index (χ0) is 14.7. The van der Waals surface area contributed by atoms with Gasteiger partial charge < -0.3 is 10.4 Å². The molecule has 0 aromatic heterocycles. The molecule has 2 aromatic rings. The number of hydrogen-bond acceptors (Lipinski definition) is 2. The van der Waals surface area contributed by atoms with Crippen LogP contribution in [-0.4, -0.2) is 5.11 Å². The van der Waals surface area contributed by atoms with Crippen LogP contribution in [0.15, 0.2) is 40.9 Å². The predicted molar refractivity (Wildman–Crippen MR) is 78.8 cm³/mol. The molecule has 0 spiro atoms. The lowest BCUT2D eigenvalue weighted by molar-refractivity contribution is 0.462. The molecule has 1 atom stereocenters. The number of nitrogens with one attached hydrogen (secondary N) is 1. The van der Waals surface area contributed by atoms with E-state index in [2.05, 4.69) is 21.2 Å². The molecule has 20 heavy (non-hydrogen) atoms. The number of phenols is 1. The third-order valence-corrected chi connectivity index (χ3v) is 3.67. The summed E-state index contributed by atoms with van der Waals surface area (Å²) in [6.45, 7) is 1.92. The lowest BCUT2D eigenvalue weighted by atomic mass is 10.0. The van der Waals surface area contributed by atoms with Crippen molar-refractivity contribution in [3.63, 3.8) is 0 Å². The number of halogens is 3. The van der Waals surface area contributed by atoms with Crippen LogP contribution in [0.1, 0.15) is 24.9 Å². The highest BCUT2D eigenvalue weighted by atomic mass is 79.9. The molecule has 0 heterocycles. The summed E-state index contributed by atoms with van der Waals surface area (Å²) in [4.78, 5) is 0. The SMILES string of the molecule is CCC(Nc1c(F)cc(F)cc1Br)c1ccccc1O. The summed E-state index contributed by atoms with van der Waals surface area (Å²) >= 11 is 3.14. The molecule has 0 aliphatic rings. The zero-order valence-electron chi connectivity index (χ0n) is 10.8. The Balaban J connectivity index is 2.35. The summed E-state index contributed by atoms with van der Waals surface area (Å²) in [7, 11) is 0. The molecule has 2 N–H and O–H groups in total. The normalized spacial score (nSPS) is 12.2. The van der Waals surface area contributed by atoms with Crippen molar-refractivity contribution in [1.29, 1.82) is 0 Å². The van der Waals surface area contributed by atoms with E-state index in [1.165, 1.54) is 6.07 Å². The molecule has 2 nitrogen and oxygen atoms in total. The highest BCUT2D eigenvalue weighted by Crippen LogP contribution is 2.34. The summed E-state index contributed by atoms with van der Waals surface area (Å²) < 4.78 is 27.2. The molecule has 1 unspecified atom stereocenters. The fourth-order valence-electron chi connectivity index (χ4n) is 2.04. The maximum absolute atomic E-state index is 13.8. The molecule has 0 saturated heterocycles. The number of anilines is 1. The monoisotopic (exact) mass is 341 g/mol. The van der Waals surface area contributed by atoms with Gasteiger partial charge in [-0.05, 0) is 34.5 Å². The van der Waals surface area contributed by atoms with Crippen molar-refractivity contribution in [1.82, 2.24) is 0 Å². The van der Waals surface area contributed by atoms with Crippen LogP contribution < -0.4 is 5.32 Å². The molecule has 0 fully saturated rings.